The van der Waals surface area contributed by atoms with Crippen molar-refractivity contribution in [3.8, 4) is 5.75 Å². The Morgan fingerprint density at radius 3 is 2.92 bits per heavy atom. The van der Waals surface area contributed by atoms with Gasteiger partial charge in [0.15, 0.2) is 0 Å². The minimum absolute atomic E-state index is 0.0273. The van der Waals surface area contributed by atoms with Crippen LogP contribution in [0.1, 0.15) is 36.1 Å². The van der Waals surface area contributed by atoms with Gasteiger partial charge in [-0.15, -0.1) is 0 Å². The molecular formula is C20H23FN2O2. The van der Waals surface area contributed by atoms with Gasteiger partial charge in [0.2, 0.25) is 0 Å². The maximum Gasteiger partial charge on any atom is 0.315 e. The molecule has 2 unspecified atom stereocenters. The van der Waals surface area contributed by atoms with E-state index in [4.69, 9.17) is 4.74 Å². The number of urea groups is 1. The van der Waals surface area contributed by atoms with Crippen LogP contribution >= 0.6 is 0 Å². The van der Waals surface area contributed by atoms with Crippen LogP contribution in [0, 0.1) is 5.82 Å². The SMILES string of the molecule is COc1cccc(CC(C)NC(=O)NC2CCc3c(F)cccc32)c1. The molecule has 2 atom stereocenters. The Kier molecular flexibility index (Phi) is 5.22. The molecule has 0 radical (unpaired) electrons. The number of ether oxygens (including phenoxy) is 1. The van der Waals surface area contributed by atoms with E-state index in [9.17, 15) is 9.18 Å². The molecule has 2 N–H and O–H groups in total. The van der Waals surface area contributed by atoms with Crippen molar-refractivity contribution in [3.05, 3.63) is 65.0 Å². The van der Waals surface area contributed by atoms with Crippen molar-refractivity contribution in [2.75, 3.05) is 7.11 Å². The maximum absolute atomic E-state index is 13.8. The molecule has 3 rings (SSSR count). The Hall–Kier alpha value is -2.56. The van der Waals surface area contributed by atoms with Crippen molar-refractivity contribution >= 4 is 6.03 Å². The van der Waals surface area contributed by atoms with Crippen LogP contribution in [-0.4, -0.2) is 19.2 Å². The monoisotopic (exact) mass is 342 g/mol. The minimum Gasteiger partial charge on any atom is -0.497 e. The van der Waals surface area contributed by atoms with Crippen molar-refractivity contribution in [2.24, 2.45) is 0 Å². The smallest absolute Gasteiger partial charge is 0.315 e. The summed E-state index contributed by atoms with van der Waals surface area (Å²) in [5, 5.41) is 5.91. The van der Waals surface area contributed by atoms with E-state index in [0.29, 0.717) is 12.8 Å². The van der Waals surface area contributed by atoms with Crippen molar-refractivity contribution in [3.63, 3.8) is 0 Å². The molecule has 0 saturated carbocycles. The van der Waals surface area contributed by atoms with Gasteiger partial charge >= 0.3 is 6.03 Å². The molecule has 0 aromatic heterocycles. The molecule has 0 spiro atoms. The van der Waals surface area contributed by atoms with E-state index in [2.05, 4.69) is 10.6 Å². The van der Waals surface area contributed by atoms with Crippen LogP contribution in [0.2, 0.25) is 0 Å². The summed E-state index contributed by atoms with van der Waals surface area (Å²) in [4.78, 5) is 12.3. The van der Waals surface area contributed by atoms with Gasteiger partial charge in [0.1, 0.15) is 11.6 Å². The number of fused-ring (bicyclic) bond motifs is 1. The van der Waals surface area contributed by atoms with Crippen molar-refractivity contribution < 1.29 is 13.9 Å². The van der Waals surface area contributed by atoms with Gasteiger partial charge in [-0.1, -0.05) is 24.3 Å². The number of carbonyl (C=O) groups is 1. The summed E-state index contributed by atoms with van der Waals surface area (Å²) in [6.07, 6.45) is 2.10. The normalized spacial score (nSPS) is 16.8. The maximum atomic E-state index is 13.8. The van der Waals surface area contributed by atoms with Crippen LogP contribution in [0.15, 0.2) is 42.5 Å². The number of halogens is 1. The molecule has 25 heavy (non-hydrogen) atoms. The van der Waals surface area contributed by atoms with Gasteiger partial charge in [-0.05, 0) is 61.1 Å². The molecule has 1 aliphatic carbocycles. The number of rotatable bonds is 5. The standard InChI is InChI=1S/C20H23FN2O2/c1-13(11-14-5-3-6-15(12-14)25-2)22-20(24)23-19-10-9-16-17(19)7-4-8-18(16)21/h3-8,12-13,19H,9-11H2,1-2H3,(H2,22,23,24). The predicted octanol–water partition coefficient (Wildman–Crippen LogP) is 3.75. The van der Waals surface area contributed by atoms with Crippen LogP contribution in [0.4, 0.5) is 9.18 Å². The summed E-state index contributed by atoms with van der Waals surface area (Å²) in [5.41, 5.74) is 2.70. The summed E-state index contributed by atoms with van der Waals surface area (Å²) >= 11 is 0. The number of amides is 2. The highest BCUT2D eigenvalue weighted by atomic mass is 19.1. The highest BCUT2D eigenvalue weighted by molar-refractivity contribution is 5.75. The zero-order valence-corrected chi connectivity index (χ0v) is 14.5. The van der Waals surface area contributed by atoms with E-state index in [1.807, 2.05) is 37.3 Å². The average molecular weight is 342 g/mol. The van der Waals surface area contributed by atoms with Gasteiger partial charge in [0, 0.05) is 6.04 Å². The summed E-state index contributed by atoms with van der Waals surface area (Å²) in [6.45, 7) is 1.96. The molecule has 2 aromatic carbocycles. The summed E-state index contributed by atoms with van der Waals surface area (Å²) in [7, 11) is 1.64. The number of methoxy groups -OCH3 is 1. The first-order valence-electron chi connectivity index (χ1n) is 8.54. The third-order valence-corrected chi connectivity index (χ3v) is 4.57. The summed E-state index contributed by atoms with van der Waals surface area (Å²) in [6, 6.07) is 12.5. The topological polar surface area (TPSA) is 50.4 Å². The minimum atomic E-state index is -0.225. The second kappa shape index (κ2) is 7.55. The van der Waals surface area contributed by atoms with E-state index in [1.54, 1.807) is 13.2 Å². The molecule has 0 heterocycles. The summed E-state index contributed by atoms with van der Waals surface area (Å²) < 4.78 is 19.0. The highest BCUT2D eigenvalue weighted by Crippen LogP contribution is 2.32. The second-order valence-corrected chi connectivity index (χ2v) is 6.47. The molecule has 132 valence electrons. The van der Waals surface area contributed by atoms with Gasteiger partial charge in [0.25, 0.3) is 0 Å². The number of hydrogen-bond donors (Lipinski definition) is 2. The van der Waals surface area contributed by atoms with Crippen molar-refractivity contribution in [1.82, 2.24) is 10.6 Å². The molecule has 5 heteroatoms. The zero-order chi connectivity index (χ0) is 17.8. The fourth-order valence-corrected chi connectivity index (χ4v) is 3.39. The van der Waals surface area contributed by atoms with E-state index >= 15 is 0 Å². The Morgan fingerprint density at radius 2 is 2.12 bits per heavy atom. The molecule has 0 bridgehead atoms. The molecule has 2 aromatic rings. The summed E-state index contributed by atoms with van der Waals surface area (Å²) in [5.74, 6) is 0.618. The van der Waals surface area contributed by atoms with E-state index in [1.165, 1.54) is 6.07 Å². The Morgan fingerprint density at radius 1 is 1.32 bits per heavy atom. The van der Waals surface area contributed by atoms with Crippen LogP contribution in [0.25, 0.3) is 0 Å². The molecule has 0 fully saturated rings. The molecular weight excluding hydrogens is 319 g/mol. The van der Waals surface area contributed by atoms with E-state index in [-0.39, 0.29) is 23.9 Å². The molecule has 0 saturated heterocycles. The fourth-order valence-electron chi connectivity index (χ4n) is 3.39. The lowest BCUT2D eigenvalue weighted by Crippen LogP contribution is -2.42. The largest absolute Gasteiger partial charge is 0.497 e. The van der Waals surface area contributed by atoms with Gasteiger partial charge in [-0.2, -0.15) is 0 Å². The first-order valence-corrected chi connectivity index (χ1v) is 8.54. The zero-order valence-electron chi connectivity index (χ0n) is 14.5. The molecule has 2 amide bonds. The lowest BCUT2D eigenvalue weighted by atomic mass is 10.1. The quantitative estimate of drug-likeness (QED) is 0.869. The molecule has 0 aliphatic heterocycles. The van der Waals surface area contributed by atoms with Crippen LogP contribution in [0.3, 0.4) is 0 Å². The Balaban J connectivity index is 1.55. The van der Waals surface area contributed by atoms with E-state index < -0.39 is 0 Å². The van der Waals surface area contributed by atoms with Gasteiger partial charge in [0.05, 0.1) is 13.2 Å². The lowest BCUT2D eigenvalue weighted by Gasteiger charge is -2.19. The van der Waals surface area contributed by atoms with Gasteiger partial charge in [-0.25, -0.2) is 9.18 Å². The third kappa shape index (κ3) is 4.10. The van der Waals surface area contributed by atoms with Crippen LogP contribution < -0.4 is 15.4 Å². The number of nitrogens with one attached hydrogen (secondary N) is 2. The van der Waals surface area contributed by atoms with Crippen molar-refractivity contribution in [1.29, 1.82) is 0 Å². The number of carbonyl (C=O) groups excluding carboxylic acids is 1. The number of hydrogen-bond acceptors (Lipinski definition) is 2. The predicted molar refractivity (Wildman–Crippen MR) is 95.3 cm³/mol. The second-order valence-electron chi connectivity index (χ2n) is 6.47. The molecule has 4 nitrogen and oxygen atoms in total. The molecule has 1 aliphatic rings. The first-order chi connectivity index (χ1) is 12.1. The van der Waals surface area contributed by atoms with E-state index in [0.717, 1.165) is 28.9 Å². The van der Waals surface area contributed by atoms with Gasteiger partial charge in [-0.3, -0.25) is 0 Å². The van der Waals surface area contributed by atoms with Gasteiger partial charge < -0.3 is 15.4 Å². The first kappa shape index (κ1) is 17.3. The average Bonchev–Trinajstić information content (AvgIpc) is 2.99. The number of benzene rings is 2. The van der Waals surface area contributed by atoms with Crippen LogP contribution in [0.5, 0.6) is 5.75 Å². The Labute approximate surface area is 147 Å². The fraction of sp³-hybridized carbons (Fsp3) is 0.350. The van der Waals surface area contributed by atoms with Crippen LogP contribution in [-0.2, 0) is 12.8 Å². The third-order valence-electron chi connectivity index (χ3n) is 4.57. The van der Waals surface area contributed by atoms with Crippen molar-refractivity contribution in [2.45, 2.75) is 38.3 Å². The highest BCUT2D eigenvalue weighted by Gasteiger charge is 2.26. The lowest BCUT2D eigenvalue weighted by molar-refractivity contribution is 0.234. The Bertz CT molecular complexity index is 763.